The van der Waals surface area contributed by atoms with E-state index in [0.717, 1.165) is 0 Å². The van der Waals surface area contributed by atoms with E-state index in [1.165, 1.54) is 19.1 Å². The molecule has 9 nitrogen and oxygen atoms in total. The van der Waals surface area contributed by atoms with Crippen molar-refractivity contribution >= 4 is 29.1 Å². The molecule has 2 atom stereocenters. The molecule has 3 N–H and O–H groups in total. The monoisotopic (exact) mass is 400 g/mol. The van der Waals surface area contributed by atoms with E-state index in [2.05, 4.69) is 10.3 Å². The van der Waals surface area contributed by atoms with E-state index >= 15 is 0 Å². The van der Waals surface area contributed by atoms with Gasteiger partial charge in [0.05, 0.1) is 14.2 Å². The number of carbonyl (C=O) groups excluding carboxylic acids is 2. The van der Waals surface area contributed by atoms with Crippen LogP contribution in [0.5, 0.6) is 17.2 Å². The predicted molar refractivity (Wildman–Crippen MR) is 108 cm³/mol. The van der Waals surface area contributed by atoms with E-state index in [-0.39, 0.29) is 17.5 Å². The maximum Gasteiger partial charge on any atom is 0.270 e. The molecule has 0 spiro atoms. The minimum absolute atomic E-state index is 0.229. The summed E-state index contributed by atoms with van der Waals surface area (Å²) in [6.45, 7) is 3.46. The van der Waals surface area contributed by atoms with Crippen LogP contribution in [0.3, 0.4) is 0 Å². The minimum Gasteiger partial charge on any atom is -0.493 e. The number of rotatable bonds is 6. The van der Waals surface area contributed by atoms with Crippen molar-refractivity contribution in [3.8, 4) is 17.2 Å². The second kappa shape index (κ2) is 8.26. The van der Waals surface area contributed by atoms with E-state index in [4.69, 9.17) is 19.9 Å². The number of aromatic nitrogens is 1. The number of methoxy groups -OCH3 is 2. The number of anilines is 3. The molecule has 0 bridgehead atoms. The lowest BCUT2D eigenvalue weighted by molar-refractivity contribution is -0.129. The number of nitrogens with zero attached hydrogens (tertiary/aromatic N) is 2. The van der Waals surface area contributed by atoms with Crippen LogP contribution in [0.15, 0.2) is 30.3 Å². The first kappa shape index (κ1) is 20.2. The molecule has 1 aromatic heterocycles. The summed E-state index contributed by atoms with van der Waals surface area (Å²) in [5.41, 5.74) is 6.29. The van der Waals surface area contributed by atoms with Gasteiger partial charge < -0.3 is 25.3 Å². The minimum atomic E-state index is -0.846. The number of carbonyl (C=O) groups is 2. The van der Waals surface area contributed by atoms with Crippen LogP contribution in [0.4, 0.5) is 17.3 Å². The Labute approximate surface area is 168 Å². The van der Waals surface area contributed by atoms with Crippen LogP contribution in [-0.2, 0) is 9.59 Å². The van der Waals surface area contributed by atoms with Crippen molar-refractivity contribution in [2.45, 2.75) is 32.4 Å². The number of benzene rings is 1. The molecule has 0 saturated heterocycles. The number of nitrogens with one attached hydrogen (secondary N) is 1. The topological polar surface area (TPSA) is 116 Å². The molecule has 2 amide bonds. The first-order valence-corrected chi connectivity index (χ1v) is 9.18. The highest BCUT2D eigenvalue weighted by molar-refractivity contribution is 6.07. The van der Waals surface area contributed by atoms with Gasteiger partial charge in [-0.25, -0.2) is 4.98 Å². The van der Waals surface area contributed by atoms with Gasteiger partial charge in [-0.1, -0.05) is 6.92 Å². The Morgan fingerprint density at radius 2 is 2.00 bits per heavy atom. The van der Waals surface area contributed by atoms with Crippen molar-refractivity contribution in [3.63, 3.8) is 0 Å². The third-order valence-electron chi connectivity index (χ3n) is 4.66. The van der Waals surface area contributed by atoms with Gasteiger partial charge in [0.1, 0.15) is 11.9 Å². The quantitative estimate of drug-likeness (QED) is 0.764. The molecule has 0 saturated carbocycles. The molecule has 1 aliphatic heterocycles. The summed E-state index contributed by atoms with van der Waals surface area (Å²) in [6.07, 6.45) is -0.229. The maximum atomic E-state index is 12.9. The molecule has 3 rings (SSSR count). The average molecular weight is 400 g/mol. The molecule has 0 fully saturated rings. The van der Waals surface area contributed by atoms with Crippen LogP contribution < -0.4 is 30.2 Å². The molecule has 0 radical (unpaired) electrons. The van der Waals surface area contributed by atoms with Crippen LogP contribution in [-0.4, -0.2) is 43.2 Å². The summed E-state index contributed by atoms with van der Waals surface area (Å²) in [7, 11) is 3.04. The van der Waals surface area contributed by atoms with Gasteiger partial charge in [-0.2, -0.15) is 0 Å². The van der Waals surface area contributed by atoms with E-state index < -0.39 is 18.1 Å². The van der Waals surface area contributed by atoms with E-state index in [9.17, 15) is 9.59 Å². The highest BCUT2D eigenvalue weighted by Gasteiger charge is 2.39. The molecular weight excluding hydrogens is 376 g/mol. The zero-order valence-electron chi connectivity index (χ0n) is 16.8. The van der Waals surface area contributed by atoms with E-state index in [0.29, 0.717) is 29.4 Å². The SMILES string of the molecule is CCC1Oc2ccc(N)nc2N(C(C)C(=O)Nc2ccc(OC)c(OC)c2)C1=O. The summed E-state index contributed by atoms with van der Waals surface area (Å²) in [6, 6.07) is 7.41. The molecule has 1 aliphatic rings. The Hall–Kier alpha value is -3.49. The van der Waals surface area contributed by atoms with Gasteiger partial charge in [0, 0.05) is 11.8 Å². The van der Waals surface area contributed by atoms with Crippen molar-refractivity contribution in [1.82, 2.24) is 4.98 Å². The lowest BCUT2D eigenvalue weighted by Gasteiger charge is -2.36. The third-order valence-corrected chi connectivity index (χ3v) is 4.66. The highest BCUT2D eigenvalue weighted by Crippen LogP contribution is 2.35. The number of fused-ring (bicyclic) bond motifs is 1. The third kappa shape index (κ3) is 3.89. The van der Waals surface area contributed by atoms with E-state index in [1.807, 2.05) is 6.92 Å². The van der Waals surface area contributed by atoms with E-state index in [1.54, 1.807) is 37.3 Å². The Morgan fingerprint density at radius 3 is 2.66 bits per heavy atom. The Kier molecular flexibility index (Phi) is 5.76. The number of hydrogen-bond donors (Lipinski definition) is 2. The van der Waals surface area contributed by atoms with Gasteiger partial charge in [-0.3, -0.25) is 14.5 Å². The molecule has 2 unspecified atom stereocenters. The Morgan fingerprint density at radius 1 is 1.28 bits per heavy atom. The summed E-state index contributed by atoms with van der Waals surface area (Å²) in [4.78, 5) is 31.4. The molecule has 0 aliphatic carbocycles. The fourth-order valence-corrected chi connectivity index (χ4v) is 3.09. The molecule has 9 heteroatoms. The Bertz CT molecular complexity index is 933. The van der Waals surface area contributed by atoms with Crippen molar-refractivity contribution in [2.75, 3.05) is 30.2 Å². The Balaban J connectivity index is 1.88. The highest BCUT2D eigenvalue weighted by atomic mass is 16.5. The zero-order chi connectivity index (χ0) is 21.1. The predicted octanol–water partition coefficient (Wildman–Crippen LogP) is 2.21. The fraction of sp³-hybridized carbons (Fsp3) is 0.350. The summed E-state index contributed by atoms with van der Waals surface area (Å²) in [5, 5.41) is 2.80. The molecular formula is C20H24N4O5. The van der Waals surface area contributed by atoms with Crippen LogP contribution in [0.25, 0.3) is 0 Å². The maximum absolute atomic E-state index is 12.9. The number of hydrogen-bond acceptors (Lipinski definition) is 7. The summed E-state index contributed by atoms with van der Waals surface area (Å²) < 4.78 is 16.2. The first-order valence-electron chi connectivity index (χ1n) is 9.18. The zero-order valence-corrected chi connectivity index (χ0v) is 16.8. The molecule has 29 heavy (non-hydrogen) atoms. The van der Waals surface area contributed by atoms with Crippen LogP contribution in [0.1, 0.15) is 20.3 Å². The van der Waals surface area contributed by atoms with Gasteiger partial charge >= 0.3 is 0 Å². The number of nitrogens with two attached hydrogens (primary N) is 1. The van der Waals surface area contributed by atoms with Crippen molar-refractivity contribution in [1.29, 1.82) is 0 Å². The van der Waals surface area contributed by atoms with Gasteiger partial charge in [0.2, 0.25) is 5.91 Å². The van der Waals surface area contributed by atoms with Gasteiger partial charge in [-0.05, 0) is 37.6 Å². The molecule has 154 valence electrons. The molecule has 2 heterocycles. The van der Waals surface area contributed by atoms with Crippen LogP contribution in [0, 0.1) is 0 Å². The van der Waals surface area contributed by atoms with Gasteiger partial charge in [0.15, 0.2) is 29.2 Å². The second-order valence-electron chi connectivity index (χ2n) is 6.52. The van der Waals surface area contributed by atoms with Crippen LogP contribution >= 0.6 is 0 Å². The molecule has 1 aromatic carbocycles. The van der Waals surface area contributed by atoms with Crippen molar-refractivity contribution < 1.29 is 23.8 Å². The van der Waals surface area contributed by atoms with Gasteiger partial charge in [-0.15, -0.1) is 0 Å². The fourth-order valence-electron chi connectivity index (χ4n) is 3.09. The van der Waals surface area contributed by atoms with Crippen molar-refractivity contribution in [3.05, 3.63) is 30.3 Å². The van der Waals surface area contributed by atoms with Crippen LogP contribution in [0.2, 0.25) is 0 Å². The lowest BCUT2D eigenvalue weighted by atomic mass is 10.1. The van der Waals surface area contributed by atoms with Gasteiger partial charge in [0.25, 0.3) is 5.91 Å². The number of pyridine rings is 1. The lowest BCUT2D eigenvalue weighted by Crippen LogP contribution is -2.53. The smallest absolute Gasteiger partial charge is 0.270 e. The number of ether oxygens (including phenoxy) is 3. The number of nitrogen functional groups attached to an aromatic ring is 1. The standard InChI is InChI=1S/C20H24N4O5/c1-5-13-20(26)24(18-15(29-13)8-9-17(21)23-18)11(2)19(25)22-12-6-7-14(27-3)16(10-12)28-4/h6-11,13H,5H2,1-4H3,(H2,21,23)(H,22,25). The first-order chi connectivity index (χ1) is 13.9. The number of amides is 2. The second-order valence-corrected chi connectivity index (χ2v) is 6.52. The largest absolute Gasteiger partial charge is 0.493 e. The average Bonchev–Trinajstić information content (AvgIpc) is 2.72. The summed E-state index contributed by atoms with van der Waals surface area (Å²) >= 11 is 0. The van der Waals surface area contributed by atoms with Crippen molar-refractivity contribution in [2.24, 2.45) is 0 Å². The summed E-state index contributed by atoms with van der Waals surface area (Å²) in [5.74, 6) is 1.16. The molecule has 2 aromatic rings. The normalized spacial score (nSPS) is 16.5.